The Balaban J connectivity index is 1.68. The van der Waals surface area contributed by atoms with Crippen LogP contribution in [0.2, 0.25) is 0 Å². The van der Waals surface area contributed by atoms with Gasteiger partial charge in [-0.3, -0.25) is 9.48 Å². The lowest BCUT2D eigenvalue weighted by Crippen LogP contribution is -2.30. The number of hydrogen-bond donors (Lipinski definition) is 2. The topological polar surface area (TPSA) is 128 Å². The van der Waals surface area contributed by atoms with E-state index >= 15 is 4.39 Å². The Morgan fingerprint density at radius 1 is 1.26 bits per heavy atom. The first-order valence-electron chi connectivity index (χ1n) is 8.75. The van der Waals surface area contributed by atoms with E-state index in [4.69, 9.17) is 5.26 Å². The molecule has 1 saturated heterocycles. The van der Waals surface area contributed by atoms with E-state index in [1.165, 1.54) is 35.3 Å². The molecule has 1 aliphatic rings. The number of phenolic OH excluding ortho intramolecular Hbond substituents is 1. The van der Waals surface area contributed by atoms with Crippen LogP contribution >= 0.6 is 0 Å². The minimum absolute atomic E-state index is 0.0505. The normalized spacial score (nSPS) is 15.0. The molecule has 12 heteroatoms. The molecule has 2 heterocycles. The summed E-state index contributed by atoms with van der Waals surface area (Å²) in [6.45, 7) is -0.498. The molecular weight excluding hydrogens is 432 g/mol. The number of anilines is 1. The second kappa shape index (κ2) is 7.37. The minimum atomic E-state index is -4.32. The van der Waals surface area contributed by atoms with Gasteiger partial charge in [0.25, 0.3) is 5.91 Å². The molecule has 1 fully saturated rings. The zero-order valence-electron chi connectivity index (χ0n) is 15.6. The van der Waals surface area contributed by atoms with Crippen molar-refractivity contribution >= 4 is 21.8 Å². The second-order valence-electron chi connectivity index (χ2n) is 6.68. The van der Waals surface area contributed by atoms with Gasteiger partial charge in [0.2, 0.25) is 0 Å². The highest BCUT2D eigenvalue weighted by atomic mass is 32.2. The summed E-state index contributed by atoms with van der Waals surface area (Å²) in [5.41, 5.74) is 0.0461. The fraction of sp³-hybridized carbons (Fsp3) is 0.105. The van der Waals surface area contributed by atoms with Gasteiger partial charge in [0.15, 0.2) is 5.82 Å². The van der Waals surface area contributed by atoms with Crippen molar-refractivity contribution in [3.8, 4) is 22.9 Å². The standard InChI is InChI=1S/C19H13F2N5O4S/c20-15-3-1-11(5-12(15)6-22)8-25-9-13(7-23-25)14-2-4-16(27)19(18(14)21)26-10-17(28)24-31(26,29)30/h1-5,7,9,27H,8,10H2,(H,24,28). The Hall–Kier alpha value is -3.98. The Kier molecular flexibility index (Phi) is 4.82. The number of amides is 1. The van der Waals surface area contributed by atoms with E-state index in [0.717, 1.165) is 12.1 Å². The number of nitrogens with one attached hydrogen (secondary N) is 1. The van der Waals surface area contributed by atoms with Crippen molar-refractivity contribution in [1.29, 1.82) is 5.26 Å². The van der Waals surface area contributed by atoms with Crippen molar-refractivity contribution in [2.24, 2.45) is 0 Å². The van der Waals surface area contributed by atoms with Crippen LogP contribution in [-0.4, -0.2) is 35.8 Å². The van der Waals surface area contributed by atoms with Crippen LogP contribution in [0.5, 0.6) is 5.75 Å². The number of aromatic nitrogens is 2. The van der Waals surface area contributed by atoms with Crippen LogP contribution in [0.1, 0.15) is 11.1 Å². The smallest absolute Gasteiger partial charge is 0.326 e. The van der Waals surface area contributed by atoms with Gasteiger partial charge >= 0.3 is 10.2 Å². The van der Waals surface area contributed by atoms with Gasteiger partial charge in [-0.25, -0.2) is 17.8 Å². The number of benzene rings is 2. The Labute approximate surface area is 174 Å². The van der Waals surface area contributed by atoms with Gasteiger partial charge < -0.3 is 5.11 Å². The van der Waals surface area contributed by atoms with Gasteiger partial charge in [-0.1, -0.05) is 6.07 Å². The van der Waals surface area contributed by atoms with Crippen molar-refractivity contribution < 1.29 is 27.1 Å². The van der Waals surface area contributed by atoms with E-state index < -0.39 is 45.7 Å². The van der Waals surface area contributed by atoms with Gasteiger partial charge in [0, 0.05) is 17.3 Å². The molecule has 0 atom stereocenters. The monoisotopic (exact) mass is 445 g/mol. The predicted octanol–water partition coefficient (Wildman–Crippen LogP) is 1.63. The first-order valence-corrected chi connectivity index (χ1v) is 10.2. The highest BCUT2D eigenvalue weighted by Crippen LogP contribution is 2.38. The van der Waals surface area contributed by atoms with Crippen molar-refractivity contribution in [3.63, 3.8) is 0 Å². The van der Waals surface area contributed by atoms with Crippen molar-refractivity contribution in [1.82, 2.24) is 14.5 Å². The molecule has 2 N–H and O–H groups in total. The average molecular weight is 445 g/mol. The molecule has 0 unspecified atom stereocenters. The van der Waals surface area contributed by atoms with E-state index in [-0.39, 0.29) is 23.2 Å². The number of hydrogen-bond acceptors (Lipinski definition) is 6. The lowest BCUT2D eigenvalue weighted by molar-refractivity contribution is -0.117. The molecule has 0 saturated carbocycles. The molecule has 158 valence electrons. The number of carbonyl (C=O) groups excluding carboxylic acids is 1. The summed E-state index contributed by atoms with van der Waals surface area (Å²) in [5, 5.41) is 23.1. The van der Waals surface area contributed by atoms with Crippen molar-refractivity contribution in [2.45, 2.75) is 6.54 Å². The Bertz CT molecular complexity index is 1360. The number of rotatable bonds is 4. The van der Waals surface area contributed by atoms with Crippen LogP contribution in [0.4, 0.5) is 14.5 Å². The van der Waals surface area contributed by atoms with Gasteiger partial charge in [0.1, 0.15) is 29.9 Å². The molecular formula is C19H13F2N5O4S. The molecule has 2 aromatic carbocycles. The summed E-state index contributed by atoms with van der Waals surface area (Å²) in [6.07, 6.45) is 2.80. The quantitative estimate of drug-likeness (QED) is 0.628. The van der Waals surface area contributed by atoms with E-state index in [2.05, 4.69) is 5.10 Å². The highest BCUT2D eigenvalue weighted by molar-refractivity contribution is 7.92. The first kappa shape index (κ1) is 20.3. The molecule has 1 aliphatic heterocycles. The Morgan fingerprint density at radius 3 is 2.71 bits per heavy atom. The lowest BCUT2D eigenvalue weighted by atomic mass is 10.1. The molecule has 0 radical (unpaired) electrons. The zero-order chi connectivity index (χ0) is 22.3. The van der Waals surface area contributed by atoms with Gasteiger partial charge in [0.05, 0.1) is 18.3 Å². The van der Waals surface area contributed by atoms with Crippen molar-refractivity contribution in [2.75, 3.05) is 10.8 Å². The predicted molar refractivity (Wildman–Crippen MR) is 104 cm³/mol. The average Bonchev–Trinajstić information content (AvgIpc) is 3.26. The maximum Gasteiger partial charge on any atom is 0.326 e. The SMILES string of the molecule is N#Cc1cc(Cn2cc(-c3ccc(O)c(N4CC(=O)NS4(=O)=O)c3F)cn2)ccc1F. The minimum Gasteiger partial charge on any atom is -0.506 e. The maximum atomic E-state index is 15.2. The van der Waals surface area contributed by atoms with Crippen LogP contribution in [0.15, 0.2) is 42.7 Å². The summed E-state index contributed by atoms with van der Waals surface area (Å²) in [4.78, 5) is 11.5. The van der Waals surface area contributed by atoms with E-state index in [0.29, 0.717) is 9.87 Å². The summed E-state index contributed by atoms with van der Waals surface area (Å²) in [7, 11) is -4.32. The first-order chi connectivity index (χ1) is 14.7. The van der Waals surface area contributed by atoms with Gasteiger partial charge in [-0.05, 0) is 29.8 Å². The molecule has 1 amide bonds. The molecule has 4 rings (SSSR count). The number of carbonyl (C=O) groups is 1. The number of nitrogens with zero attached hydrogens (tertiary/aromatic N) is 4. The highest BCUT2D eigenvalue weighted by Gasteiger charge is 2.38. The van der Waals surface area contributed by atoms with E-state index in [9.17, 15) is 22.7 Å². The largest absolute Gasteiger partial charge is 0.506 e. The fourth-order valence-electron chi connectivity index (χ4n) is 3.19. The molecule has 3 aromatic rings. The summed E-state index contributed by atoms with van der Waals surface area (Å²) in [5.74, 6) is -3.19. The third-order valence-electron chi connectivity index (χ3n) is 4.60. The van der Waals surface area contributed by atoms with Gasteiger partial charge in [-0.15, -0.1) is 0 Å². The van der Waals surface area contributed by atoms with Crippen LogP contribution < -0.4 is 9.03 Å². The number of nitriles is 1. The van der Waals surface area contributed by atoms with Crippen LogP contribution in [0, 0.1) is 23.0 Å². The lowest BCUT2D eigenvalue weighted by Gasteiger charge is -2.18. The molecule has 9 nitrogen and oxygen atoms in total. The number of halogens is 2. The van der Waals surface area contributed by atoms with Crippen LogP contribution in [0.25, 0.3) is 11.1 Å². The molecule has 31 heavy (non-hydrogen) atoms. The van der Waals surface area contributed by atoms with Crippen LogP contribution in [-0.2, 0) is 21.5 Å². The van der Waals surface area contributed by atoms with Gasteiger partial charge in [-0.2, -0.15) is 18.8 Å². The maximum absolute atomic E-state index is 15.2. The zero-order valence-corrected chi connectivity index (χ0v) is 16.4. The Morgan fingerprint density at radius 2 is 2.03 bits per heavy atom. The summed E-state index contributed by atoms with van der Waals surface area (Å²) in [6, 6.07) is 8.13. The molecule has 1 aromatic heterocycles. The van der Waals surface area contributed by atoms with Crippen molar-refractivity contribution in [3.05, 3.63) is 65.5 Å². The van der Waals surface area contributed by atoms with E-state index in [1.807, 2.05) is 0 Å². The number of phenols is 1. The molecule has 0 aliphatic carbocycles. The number of aromatic hydroxyl groups is 1. The molecule has 0 bridgehead atoms. The fourth-order valence-corrected chi connectivity index (χ4v) is 4.36. The summed E-state index contributed by atoms with van der Waals surface area (Å²) < 4.78 is 56.4. The third kappa shape index (κ3) is 3.66. The summed E-state index contributed by atoms with van der Waals surface area (Å²) >= 11 is 0. The second-order valence-corrected chi connectivity index (χ2v) is 8.28. The van der Waals surface area contributed by atoms with E-state index in [1.54, 1.807) is 10.8 Å². The van der Waals surface area contributed by atoms with Crippen LogP contribution in [0.3, 0.4) is 0 Å². The third-order valence-corrected chi connectivity index (χ3v) is 5.98. The molecule has 0 spiro atoms.